The first-order valence-corrected chi connectivity index (χ1v) is 7.21. The highest BCUT2D eigenvalue weighted by Gasteiger charge is 2.23. The van der Waals surface area contributed by atoms with Crippen LogP contribution in [0.1, 0.15) is 59.4 Å². The predicted octanol–water partition coefficient (Wildman–Crippen LogP) is 4.72. The van der Waals surface area contributed by atoms with Gasteiger partial charge in [-0.1, -0.05) is 59.2 Å². The Labute approximate surface area is 117 Å². The molecule has 0 aromatic heterocycles. The van der Waals surface area contributed by atoms with Crippen molar-refractivity contribution in [2.24, 2.45) is 5.92 Å². The number of hydrogen-bond acceptors (Lipinski definition) is 2. The Morgan fingerprint density at radius 2 is 1.84 bits per heavy atom. The topological polar surface area (TPSA) is 26.3 Å². The van der Waals surface area contributed by atoms with Crippen molar-refractivity contribution in [1.29, 1.82) is 0 Å². The summed E-state index contributed by atoms with van der Waals surface area (Å²) >= 11 is 0. The van der Waals surface area contributed by atoms with Gasteiger partial charge in [0.2, 0.25) is 0 Å². The minimum Gasteiger partial charge on any atom is -0.426 e. The standard InChI is InChI=1S/C17H26O2/c1-6-10-13(7-2)16(18)19-15-12-9-8-11-14(15)17(3,4)5/h8-9,11-13H,6-7,10H2,1-5H3. The molecule has 0 amide bonds. The lowest BCUT2D eigenvalue weighted by Crippen LogP contribution is -2.22. The molecule has 0 fully saturated rings. The molecular weight excluding hydrogens is 236 g/mol. The summed E-state index contributed by atoms with van der Waals surface area (Å²) in [6, 6.07) is 7.82. The quantitative estimate of drug-likeness (QED) is 0.567. The monoisotopic (exact) mass is 262 g/mol. The number of esters is 1. The number of benzene rings is 1. The zero-order valence-electron chi connectivity index (χ0n) is 12.8. The number of hydrogen-bond donors (Lipinski definition) is 0. The minimum atomic E-state index is -0.0962. The summed E-state index contributed by atoms with van der Waals surface area (Å²) in [5, 5.41) is 0. The van der Waals surface area contributed by atoms with Crippen molar-refractivity contribution in [2.75, 3.05) is 0 Å². The first-order chi connectivity index (χ1) is 8.90. The van der Waals surface area contributed by atoms with Crippen LogP contribution >= 0.6 is 0 Å². The van der Waals surface area contributed by atoms with Gasteiger partial charge in [-0.25, -0.2) is 0 Å². The van der Waals surface area contributed by atoms with E-state index in [4.69, 9.17) is 4.74 Å². The summed E-state index contributed by atoms with van der Waals surface area (Å²) < 4.78 is 5.64. The maximum Gasteiger partial charge on any atom is 0.314 e. The molecule has 0 saturated carbocycles. The largest absolute Gasteiger partial charge is 0.426 e. The average Bonchev–Trinajstić information content (AvgIpc) is 2.35. The number of rotatable bonds is 5. The summed E-state index contributed by atoms with van der Waals surface area (Å²) in [4.78, 5) is 12.2. The van der Waals surface area contributed by atoms with Crippen LogP contribution in [0, 0.1) is 5.92 Å². The van der Waals surface area contributed by atoms with E-state index in [-0.39, 0.29) is 17.3 Å². The van der Waals surface area contributed by atoms with Crippen LogP contribution in [0.2, 0.25) is 0 Å². The van der Waals surface area contributed by atoms with Gasteiger partial charge in [-0.3, -0.25) is 4.79 Å². The molecule has 0 bridgehead atoms. The molecule has 0 radical (unpaired) electrons. The van der Waals surface area contributed by atoms with E-state index in [1.54, 1.807) is 0 Å². The highest BCUT2D eigenvalue weighted by atomic mass is 16.5. The van der Waals surface area contributed by atoms with Crippen molar-refractivity contribution in [1.82, 2.24) is 0 Å². The Morgan fingerprint density at radius 3 is 2.37 bits per heavy atom. The highest BCUT2D eigenvalue weighted by Crippen LogP contribution is 2.31. The molecule has 0 spiro atoms. The van der Waals surface area contributed by atoms with Crippen molar-refractivity contribution >= 4 is 5.97 Å². The Balaban J connectivity index is 2.91. The lowest BCUT2D eigenvalue weighted by atomic mass is 9.86. The van der Waals surface area contributed by atoms with Gasteiger partial charge in [0.25, 0.3) is 0 Å². The van der Waals surface area contributed by atoms with Gasteiger partial charge in [-0.15, -0.1) is 0 Å². The van der Waals surface area contributed by atoms with Gasteiger partial charge in [0.1, 0.15) is 5.75 Å². The molecule has 1 aromatic rings. The lowest BCUT2D eigenvalue weighted by molar-refractivity contribution is -0.139. The Bertz CT molecular complexity index is 416. The smallest absolute Gasteiger partial charge is 0.314 e. The molecule has 1 atom stereocenters. The van der Waals surface area contributed by atoms with E-state index in [2.05, 4.69) is 27.7 Å². The summed E-state index contributed by atoms with van der Waals surface area (Å²) in [7, 11) is 0. The molecule has 0 heterocycles. The average molecular weight is 262 g/mol. The Morgan fingerprint density at radius 1 is 1.21 bits per heavy atom. The number of para-hydroxylation sites is 1. The molecule has 106 valence electrons. The Hall–Kier alpha value is -1.31. The highest BCUT2D eigenvalue weighted by molar-refractivity contribution is 5.75. The fraction of sp³-hybridized carbons (Fsp3) is 0.588. The molecule has 1 aromatic carbocycles. The van der Waals surface area contributed by atoms with Crippen molar-refractivity contribution in [3.05, 3.63) is 29.8 Å². The van der Waals surface area contributed by atoms with E-state index in [9.17, 15) is 4.79 Å². The second-order valence-corrected chi connectivity index (χ2v) is 6.06. The maximum atomic E-state index is 12.2. The summed E-state index contributed by atoms with van der Waals surface area (Å²) in [6.45, 7) is 10.5. The van der Waals surface area contributed by atoms with Crippen molar-refractivity contribution in [2.45, 2.75) is 59.3 Å². The van der Waals surface area contributed by atoms with Crippen molar-refractivity contribution < 1.29 is 9.53 Å². The SMILES string of the molecule is CCCC(CC)C(=O)Oc1ccccc1C(C)(C)C. The third-order valence-corrected chi connectivity index (χ3v) is 3.37. The normalized spacial score (nSPS) is 13.1. The van der Waals surface area contributed by atoms with Crippen molar-refractivity contribution in [3.63, 3.8) is 0 Å². The van der Waals surface area contributed by atoms with Gasteiger partial charge in [0, 0.05) is 5.56 Å². The van der Waals surface area contributed by atoms with Crippen LogP contribution in [0.25, 0.3) is 0 Å². The molecule has 0 aliphatic carbocycles. The molecule has 1 rings (SSSR count). The van der Waals surface area contributed by atoms with E-state index < -0.39 is 0 Å². The predicted molar refractivity (Wildman–Crippen MR) is 79.5 cm³/mol. The van der Waals surface area contributed by atoms with Crippen LogP contribution in [0.3, 0.4) is 0 Å². The maximum absolute atomic E-state index is 12.2. The van der Waals surface area contributed by atoms with E-state index in [0.29, 0.717) is 5.75 Å². The molecule has 0 aliphatic rings. The van der Waals surface area contributed by atoms with Crippen LogP contribution in [0.5, 0.6) is 5.75 Å². The first-order valence-electron chi connectivity index (χ1n) is 7.21. The molecule has 0 N–H and O–H groups in total. The molecule has 0 saturated heterocycles. The fourth-order valence-electron chi connectivity index (χ4n) is 2.20. The molecule has 1 unspecified atom stereocenters. The van der Waals surface area contributed by atoms with E-state index in [1.807, 2.05) is 31.2 Å². The van der Waals surface area contributed by atoms with Gasteiger partial charge >= 0.3 is 5.97 Å². The number of ether oxygens (including phenoxy) is 1. The summed E-state index contributed by atoms with van der Waals surface area (Å²) in [5.74, 6) is 0.619. The second-order valence-electron chi connectivity index (χ2n) is 6.06. The number of carbonyl (C=O) groups excluding carboxylic acids is 1. The van der Waals surface area contributed by atoms with E-state index in [1.165, 1.54) is 0 Å². The minimum absolute atomic E-state index is 0.0121. The summed E-state index contributed by atoms with van der Waals surface area (Å²) in [6.07, 6.45) is 2.74. The van der Waals surface area contributed by atoms with Crippen LogP contribution in [0.4, 0.5) is 0 Å². The van der Waals surface area contributed by atoms with Gasteiger partial charge < -0.3 is 4.74 Å². The van der Waals surface area contributed by atoms with Crippen LogP contribution in [-0.2, 0) is 10.2 Å². The molecule has 2 heteroatoms. The lowest BCUT2D eigenvalue weighted by Gasteiger charge is -2.23. The van der Waals surface area contributed by atoms with Gasteiger partial charge in [0.05, 0.1) is 5.92 Å². The van der Waals surface area contributed by atoms with Crippen LogP contribution in [0.15, 0.2) is 24.3 Å². The zero-order valence-corrected chi connectivity index (χ0v) is 12.8. The van der Waals surface area contributed by atoms with Gasteiger partial charge in [-0.2, -0.15) is 0 Å². The van der Waals surface area contributed by atoms with Crippen LogP contribution in [-0.4, -0.2) is 5.97 Å². The van der Waals surface area contributed by atoms with Crippen LogP contribution < -0.4 is 4.74 Å². The molecular formula is C17H26O2. The van der Waals surface area contributed by atoms with E-state index >= 15 is 0 Å². The molecule has 2 nitrogen and oxygen atoms in total. The summed E-state index contributed by atoms with van der Waals surface area (Å²) in [5.41, 5.74) is 1.05. The fourth-order valence-corrected chi connectivity index (χ4v) is 2.20. The second kappa shape index (κ2) is 6.74. The first kappa shape index (κ1) is 15.7. The molecule has 19 heavy (non-hydrogen) atoms. The third kappa shape index (κ3) is 4.38. The van der Waals surface area contributed by atoms with E-state index in [0.717, 1.165) is 24.8 Å². The third-order valence-electron chi connectivity index (χ3n) is 3.37. The zero-order chi connectivity index (χ0) is 14.5. The van der Waals surface area contributed by atoms with Gasteiger partial charge in [0.15, 0.2) is 0 Å². The molecule has 0 aliphatic heterocycles. The van der Waals surface area contributed by atoms with Gasteiger partial charge in [-0.05, 0) is 24.3 Å². The Kier molecular flexibility index (Phi) is 5.59. The van der Waals surface area contributed by atoms with Crippen molar-refractivity contribution in [3.8, 4) is 5.75 Å². The number of carbonyl (C=O) groups is 1.